The Bertz CT molecular complexity index is 1440. The number of allylic oxidation sites excluding steroid dienone is 2. The zero-order valence-electron chi connectivity index (χ0n) is 27.1. The number of benzene rings is 2. The van der Waals surface area contributed by atoms with Gasteiger partial charge in [0.15, 0.2) is 0 Å². The van der Waals surface area contributed by atoms with Crippen LogP contribution in [0.3, 0.4) is 0 Å². The second-order valence-corrected chi connectivity index (χ2v) is 20.1. The summed E-state index contributed by atoms with van der Waals surface area (Å²) in [6.45, 7) is 11.8. The van der Waals surface area contributed by atoms with Crippen LogP contribution in [-0.4, -0.2) is 36.8 Å². The summed E-state index contributed by atoms with van der Waals surface area (Å²) in [7, 11) is -2.71. The quantitative estimate of drug-likeness (QED) is 0.300. The van der Waals surface area contributed by atoms with Crippen molar-refractivity contribution in [1.29, 1.82) is 0 Å². The predicted octanol–water partition coefficient (Wildman–Crippen LogP) is 7.20. The highest BCUT2D eigenvalue weighted by Crippen LogP contribution is 2.67. The van der Waals surface area contributed by atoms with Crippen molar-refractivity contribution in [3.63, 3.8) is 0 Å². The van der Waals surface area contributed by atoms with E-state index in [1.54, 1.807) is 6.26 Å². The Kier molecular flexibility index (Phi) is 7.44. The number of hydrogen-bond acceptors (Lipinski definition) is 4. The lowest BCUT2D eigenvalue weighted by atomic mass is 9.43. The molecule has 4 nitrogen and oxygen atoms in total. The van der Waals surface area contributed by atoms with E-state index >= 15 is 0 Å². The summed E-state index contributed by atoms with van der Waals surface area (Å²) in [6.07, 6.45) is 8.59. The van der Waals surface area contributed by atoms with E-state index in [1.165, 1.54) is 15.9 Å². The molecule has 2 N–H and O–H groups in total. The number of hydrogen-bond donors (Lipinski definition) is 2. The van der Waals surface area contributed by atoms with E-state index in [0.29, 0.717) is 11.8 Å². The van der Waals surface area contributed by atoms with Crippen LogP contribution in [0.5, 0.6) is 0 Å². The first-order valence-electron chi connectivity index (χ1n) is 16.9. The molecule has 0 aliphatic heterocycles. The van der Waals surface area contributed by atoms with Crippen LogP contribution in [0, 0.1) is 34.5 Å². The summed E-state index contributed by atoms with van der Waals surface area (Å²) in [5.74, 6) is 1.77. The molecule has 0 amide bonds. The molecule has 0 saturated heterocycles. The third-order valence-electron chi connectivity index (χ3n) is 12.8. The Labute approximate surface area is 264 Å². The maximum Gasteiger partial charge on any atom is 0.261 e. The second-order valence-electron chi connectivity index (χ2n) is 15.8. The van der Waals surface area contributed by atoms with Gasteiger partial charge in [-0.1, -0.05) is 101 Å². The lowest BCUT2D eigenvalue weighted by molar-refractivity contribution is -0.216. The van der Waals surface area contributed by atoms with Crippen LogP contribution in [0.4, 0.5) is 0 Å². The monoisotopic (exact) mass is 610 g/mol. The molecule has 1 aromatic heterocycles. The van der Waals surface area contributed by atoms with Crippen molar-refractivity contribution >= 4 is 24.3 Å². The van der Waals surface area contributed by atoms with Crippen LogP contribution in [0.2, 0.25) is 5.04 Å². The first-order valence-corrected chi connectivity index (χ1v) is 18.8. The molecule has 3 saturated carbocycles. The largest absolute Gasteiger partial charge is 0.465 e. The van der Waals surface area contributed by atoms with Crippen LogP contribution in [0.15, 0.2) is 89.6 Å². The molecule has 44 heavy (non-hydrogen) atoms. The summed E-state index contributed by atoms with van der Waals surface area (Å²) in [6, 6.07) is 25.8. The molecule has 234 valence electrons. The van der Waals surface area contributed by atoms with Crippen molar-refractivity contribution in [1.82, 2.24) is 0 Å². The molecule has 1 heterocycles. The normalized spacial score (nSPS) is 37.1. The number of aliphatic hydroxyl groups is 2. The average molecular weight is 611 g/mol. The maximum absolute atomic E-state index is 12.0. The van der Waals surface area contributed by atoms with Gasteiger partial charge in [0, 0.05) is 6.10 Å². The molecule has 3 aromatic rings. The van der Waals surface area contributed by atoms with E-state index in [2.05, 4.69) is 107 Å². The summed E-state index contributed by atoms with van der Waals surface area (Å²) < 4.78 is 13.5. The summed E-state index contributed by atoms with van der Waals surface area (Å²) in [4.78, 5) is 0. The first kappa shape index (κ1) is 30.2. The van der Waals surface area contributed by atoms with Gasteiger partial charge in [0.05, 0.1) is 18.5 Å². The van der Waals surface area contributed by atoms with Gasteiger partial charge in [0.1, 0.15) is 5.76 Å². The van der Waals surface area contributed by atoms with E-state index < -0.39 is 20.5 Å². The molecule has 7 rings (SSSR count). The van der Waals surface area contributed by atoms with E-state index in [4.69, 9.17) is 8.84 Å². The maximum atomic E-state index is 12.0. The standard InChI is InChI=1S/C39H50O4Si/c1-37(2,3)44(27-13-8-6-9-14-27,28-15-10-7-11-16-28)43-26-20-22-39(5)31-21-23-38(4)29(33-17-12-24-42-33)18-19-30(38)34(31)36(41)35(40)32(39)25-26/h6-18,24,26,30-32,34-36,40-41H,19-23,25H2,1-5H3/t26-,30-,31-,32+,34-,35+,36+,38+,39+/m0/s1. The smallest absolute Gasteiger partial charge is 0.261 e. The van der Waals surface area contributed by atoms with Gasteiger partial charge in [-0.15, -0.1) is 0 Å². The van der Waals surface area contributed by atoms with Crippen LogP contribution >= 0.6 is 0 Å². The molecule has 4 aliphatic rings. The fourth-order valence-electron chi connectivity index (χ4n) is 10.7. The van der Waals surface area contributed by atoms with Gasteiger partial charge in [-0.3, -0.25) is 0 Å². The Morgan fingerprint density at radius 3 is 2.05 bits per heavy atom. The number of rotatable bonds is 5. The lowest BCUT2D eigenvalue weighted by Gasteiger charge is -2.63. The van der Waals surface area contributed by atoms with Crippen molar-refractivity contribution in [3.8, 4) is 0 Å². The summed E-state index contributed by atoms with van der Waals surface area (Å²) in [5, 5.41) is 26.5. The van der Waals surface area contributed by atoms with Crippen molar-refractivity contribution in [2.45, 2.75) is 96.5 Å². The topological polar surface area (TPSA) is 62.8 Å². The Morgan fingerprint density at radius 2 is 1.45 bits per heavy atom. The molecule has 0 unspecified atom stereocenters. The van der Waals surface area contributed by atoms with Crippen molar-refractivity contribution in [2.75, 3.05) is 0 Å². The van der Waals surface area contributed by atoms with Crippen LogP contribution in [0.1, 0.15) is 78.9 Å². The van der Waals surface area contributed by atoms with Crippen molar-refractivity contribution in [2.24, 2.45) is 34.5 Å². The zero-order chi connectivity index (χ0) is 30.9. The fraction of sp³-hybridized carbons (Fsp3) is 0.538. The highest BCUT2D eigenvalue weighted by atomic mass is 28.4. The van der Waals surface area contributed by atoms with Gasteiger partial charge < -0.3 is 19.1 Å². The van der Waals surface area contributed by atoms with Crippen molar-refractivity contribution in [3.05, 3.63) is 90.9 Å². The number of furan rings is 1. The minimum atomic E-state index is -2.71. The molecule has 0 spiro atoms. The SMILES string of the molecule is CC(C)(C)[Si](O[C@H]1CC[C@@]2(C)[C@H](C1)[C@@H](O)[C@H](O)[C@@H]1[C@@H]2CC[C@]2(C)C(c3ccco3)=CC[C@@H]12)(c1ccccc1)c1ccccc1. The average Bonchev–Trinajstić information content (AvgIpc) is 3.67. The second kappa shape index (κ2) is 10.8. The van der Waals surface area contributed by atoms with E-state index in [0.717, 1.165) is 44.3 Å². The molecular formula is C39H50O4Si. The minimum absolute atomic E-state index is 0.0129. The molecule has 3 fully saturated rings. The van der Waals surface area contributed by atoms with Gasteiger partial charge in [-0.2, -0.15) is 0 Å². The number of aliphatic hydroxyl groups excluding tert-OH is 2. The predicted molar refractivity (Wildman–Crippen MR) is 179 cm³/mol. The zero-order valence-corrected chi connectivity index (χ0v) is 28.1. The molecular weight excluding hydrogens is 561 g/mol. The van der Waals surface area contributed by atoms with Crippen LogP contribution in [-0.2, 0) is 4.43 Å². The van der Waals surface area contributed by atoms with Crippen LogP contribution < -0.4 is 10.4 Å². The highest BCUT2D eigenvalue weighted by Gasteiger charge is 2.65. The molecule has 4 aliphatic carbocycles. The Morgan fingerprint density at radius 1 is 0.795 bits per heavy atom. The van der Waals surface area contributed by atoms with Gasteiger partial charge >= 0.3 is 0 Å². The van der Waals surface area contributed by atoms with Crippen molar-refractivity contribution < 1.29 is 19.1 Å². The van der Waals surface area contributed by atoms with E-state index in [-0.39, 0.29) is 33.8 Å². The third-order valence-corrected chi connectivity index (χ3v) is 17.9. The van der Waals surface area contributed by atoms with Gasteiger partial charge in [-0.25, -0.2) is 0 Å². The van der Waals surface area contributed by atoms with E-state index in [1.807, 2.05) is 6.07 Å². The Hall–Kier alpha value is -2.44. The molecule has 0 radical (unpaired) electrons. The van der Waals surface area contributed by atoms with E-state index in [9.17, 15) is 10.2 Å². The molecule has 2 aromatic carbocycles. The summed E-state index contributed by atoms with van der Waals surface area (Å²) in [5.41, 5.74) is 1.23. The lowest BCUT2D eigenvalue weighted by Crippen LogP contribution is -2.69. The molecule has 0 bridgehead atoms. The van der Waals surface area contributed by atoms with Crippen LogP contribution in [0.25, 0.3) is 5.57 Å². The van der Waals surface area contributed by atoms with Gasteiger partial charge in [-0.05, 0) is 106 Å². The first-order chi connectivity index (χ1) is 21.0. The summed E-state index contributed by atoms with van der Waals surface area (Å²) >= 11 is 0. The third kappa shape index (κ3) is 4.40. The van der Waals surface area contributed by atoms with Gasteiger partial charge in [0.25, 0.3) is 8.32 Å². The molecule has 9 atom stereocenters. The fourth-order valence-corrected chi connectivity index (χ4v) is 15.4. The highest BCUT2D eigenvalue weighted by molar-refractivity contribution is 6.99. The number of fused-ring (bicyclic) bond motifs is 5. The Balaban J connectivity index is 1.19. The van der Waals surface area contributed by atoms with Gasteiger partial charge in [0.2, 0.25) is 0 Å². The minimum Gasteiger partial charge on any atom is -0.465 e. The molecule has 5 heteroatoms.